The number of carbonyl (C=O) groups excluding carboxylic acids is 1. The van der Waals surface area contributed by atoms with Crippen molar-refractivity contribution in [3.63, 3.8) is 0 Å². The number of esters is 1. The largest absolute Gasteiger partial charge is 0.465 e. The lowest BCUT2D eigenvalue weighted by Gasteiger charge is -2.32. The fourth-order valence-corrected chi connectivity index (χ4v) is 2.08. The monoisotopic (exact) mass is 280 g/mol. The maximum Gasteiger partial charge on any atom is 0.340 e. The SMILES string of the molecule is CCC(C)N(CCOC)c1cccc(C(=O)OC)c1N. The lowest BCUT2D eigenvalue weighted by atomic mass is 10.1. The summed E-state index contributed by atoms with van der Waals surface area (Å²) in [4.78, 5) is 13.9. The van der Waals surface area contributed by atoms with E-state index in [9.17, 15) is 4.79 Å². The molecule has 20 heavy (non-hydrogen) atoms. The Bertz CT molecular complexity index is 449. The number of carbonyl (C=O) groups is 1. The molecule has 1 aromatic rings. The summed E-state index contributed by atoms with van der Waals surface area (Å²) in [6.45, 7) is 5.57. The molecule has 0 bridgehead atoms. The van der Waals surface area contributed by atoms with Crippen molar-refractivity contribution in [1.82, 2.24) is 0 Å². The fourth-order valence-electron chi connectivity index (χ4n) is 2.08. The lowest BCUT2D eigenvalue weighted by Crippen LogP contribution is -2.36. The molecule has 0 radical (unpaired) electrons. The highest BCUT2D eigenvalue weighted by atomic mass is 16.5. The van der Waals surface area contributed by atoms with E-state index in [-0.39, 0.29) is 0 Å². The van der Waals surface area contributed by atoms with Gasteiger partial charge in [0.15, 0.2) is 0 Å². The van der Waals surface area contributed by atoms with Gasteiger partial charge in [-0.1, -0.05) is 13.0 Å². The summed E-state index contributed by atoms with van der Waals surface area (Å²) in [6, 6.07) is 5.72. The van der Waals surface area contributed by atoms with Gasteiger partial charge in [-0.2, -0.15) is 0 Å². The van der Waals surface area contributed by atoms with Gasteiger partial charge in [0.2, 0.25) is 0 Å². The van der Waals surface area contributed by atoms with Crippen molar-refractivity contribution in [3.05, 3.63) is 23.8 Å². The van der Waals surface area contributed by atoms with Gasteiger partial charge in [-0.15, -0.1) is 0 Å². The lowest BCUT2D eigenvalue weighted by molar-refractivity contribution is 0.0602. The van der Waals surface area contributed by atoms with Gasteiger partial charge in [-0.25, -0.2) is 4.79 Å². The third-order valence-corrected chi connectivity index (χ3v) is 3.46. The van der Waals surface area contributed by atoms with E-state index in [4.69, 9.17) is 15.2 Å². The van der Waals surface area contributed by atoms with Crippen LogP contribution >= 0.6 is 0 Å². The highest BCUT2D eigenvalue weighted by molar-refractivity contribution is 5.98. The summed E-state index contributed by atoms with van der Waals surface area (Å²) < 4.78 is 9.91. The quantitative estimate of drug-likeness (QED) is 0.613. The van der Waals surface area contributed by atoms with Crippen molar-refractivity contribution in [1.29, 1.82) is 0 Å². The standard InChI is InChI=1S/C15H24N2O3/c1-5-11(2)17(9-10-19-3)13-8-6-7-12(14(13)16)15(18)20-4/h6-8,11H,5,9-10,16H2,1-4H3. The van der Waals surface area contributed by atoms with Crippen LogP contribution in [0.5, 0.6) is 0 Å². The van der Waals surface area contributed by atoms with Crippen LogP contribution in [-0.4, -0.2) is 39.4 Å². The number of para-hydroxylation sites is 1. The maximum absolute atomic E-state index is 11.7. The summed E-state index contributed by atoms with van der Waals surface area (Å²) in [5, 5.41) is 0. The number of benzene rings is 1. The van der Waals surface area contributed by atoms with Gasteiger partial charge in [0.05, 0.1) is 30.7 Å². The van der Waals surface area contributed by atoms with E-state index < -0.39 is 5.97 Å². The first-order valence-electron chi connectivity index (χ1n) is 6.79. The van der Waals surface area contributed by atoms with Gasteiger partial charge in [0.25, 0.3) is 0 Å². The molecular weight excluding hydrogens is 256 g/mol. The number of ether oxygens (including phenoxy) is 2. The van der Waals surface area contributed by atoms with Crippen molar-refractivity contribution < 1.29 is 14.3 Å². The van der Waals surface area contributed by atoms with E-state index in [1.54, 1.807) is 13.2 Å². The molecule has 1 rings (SSSR count). The first-order chi connectivity index (χ1) is 9.56. The van der Waals surface area contributed by atoms with Crippen LogP contribution in [0.25, 0.3) is 0 Å². The molecule has 0 aliphatic carbocycles. The van der Waals surface area contributed by atoms with E-state index in [1.165, 1.54) is 7.11 Å². The highest BCUT2D eigenvalue weighted by Crippen LogP contribution is 2.29. The van der Waals surface area contributed by atoms with Gasteiger partial charge in [-0.3, -0.25) is 0 Å². The average molecular weight is 280 g/mol. The number of hydrogen-bond acceptors (Lipinski definition) is 5. The van der Waals surface area contributed by atoms with Crippen molar-refractivity contribution in [2.45, 2.75) is 26.3 Å². The van der Waals surface area contributed by atoms with Crippen molar-refractivity contribution in [2.75, 3.05) is 38.0 Å². The molecular formula is C15H24N2O3. The van der Waals surface area contributed by atoms with Crippen LogP contribution in [0.1, 0.15) is 30.6 Å². The zero-order valence-corrected chi connectivity index (χ0v) is 12.7. The number of hydrogen-bond donors (Lipinski definition) is 1. The zero-order chi connectivity index (χ0) is 15.1. The average Bonchev–Trinajstić information content (AvgIpc) is 2.47. The number of nitrogens with two attached hydrogens (primary N) is 1. The first-order valence-corrected chi connectivity index (χ1v) is 6.79. The number of nitrogens with zero attached hydrogens (tertiary/aromatic N) is 1. The Kier molecular flexibility index (Phi) is 6.31. The second-order valence-electron chi connectivity index (χ2n) is 4.67. The Morgan fingerprint density at radius 3 is 2.65 bits per heavy atom. The Morgan fingerprint density at radius 2 is 2.10 bits per heavy atom. The number of nitrogen functional groups attached to an aromatic ring is 1. The smallest absolute Gasteiger partial charge is 0.340 e. The predicted molar refractivity (Wildman–Crippen MR) is 81.2 cm³/mol. The number of rotatable bonds is 7. The summed E-state index contributed by atoms with van der Waals surface area (Å²) in [6.07, 6.45) is 0.978. The topological polar surface area (TPSA) is 64.8 Å². The van der Waals surface area contributed by atoms with E-state index in [0.29, 0.717) is 23.9 Å². The Balaban J connectivity index is 3.16. The summed E-state index contributed by atoms with van der Waals surface area (Å²) in [5.74, 6) is -0.416. The van der Waals surface area contributed by atoms with E-state index in [2.05, 4.69) is 18.7 Å². The fraction of sp³-hybridized carbons (Fsp3) is 0.533. The minimum atomic E-state index is -0.416. The molecule has 1 aromatic carbocycles. The molecule has 0 spiro atoms. The third kappa shape index (κ3) is 3.63. The van der Waals surface area contributed by atoms with Crippen LogP contribution in [0.4, 0.5) is 11.4 Å². The third-order valence-electron chi connectivity index (χ3n) is 3.46. The molecule has 0 saturated carbocycles. The van der Waals surface area contributed by atoms with Crippen LogP contribution in [-0.2, 0) is 9.47 Å². The predicted octanol–water partition coefficient (Wildman–Crippen LogP) is 2.31. The van der Waals surface area contributed by atoms with Crippen molar-refractivity contribution in [2.24, 2.45) is 0 Å². The molecule has 2 N–H and O–H groups in total. The van der Waals surface area contributed by atoms with Crippen LogP contribution < -0.4 is 10.6 Å². The second kappa shape index (κ2) is 7.75. The van der Waals surface area contributed by atoms with E-state index in [1.807, 2.05) is 12.1 Å². The molecule has 0 amide bonds. The molecule has 0 heterocycles. The zero-order valence-electron chi connectivity index (χ0n) is 12.7. The van der Waals surface area contributed by atoms with Crippen LogP contribution in [0.2, 0.25) is 0 Å². The molecule has 0 fully saturated rings. The summed E-state index contributed by atoms with van der Waals surface area (Å²) in [5.41, 5.74) is 7.84. The normalized spacial score (nSPS) is 12.0. The molecule has 112 valence electrons. The molecule has 0 saturated heterocycles. The Morgan fingerprint density at radius 1 is 1.40 bits per heavy atom. The number of anilines is 2. The molecule has 1 atom stereocenters. The van der Waals surface area contributed by atoms with Gasteiger partial charge < -0.3 is 20.1 Å². The van der Waals surface area contributed by atoms with Crippen LogP contribution in [0.3, 0.4) is 0 Å². The highest BCUT2D eigenvalue weighted by Gasteiger charge is 2.19. The van der Waals surface area contributed by atoms with Crippen LogP contribution in [0, 0.1) is 0 Å². The van der Waals surface area contributed by atoms with Gasteiger partial charge in [0, 0.05) is 19.7 Å². The summed E-state index contributed by atoms with van der Waals surface area (Å²) in [7, 11) is 3.02. The maximum atomic E-state index is 11.7. The minimum absolute atomic E-state index is 0.306. The molecule has 5 nitrogen and oxygen atoms in total. The molecule has 5 heteroatoms. The van der Waals surface area contributed by atoms with E-state index >= 15 is 0 Å². The van der Waals surface area contributed by atoms with Gasteiger partial charge in [0.1, 0.15) is 0 Å². The molecule has 0 aliphatic heterocycles. The van der Waals surface area contributed by atoms with Crippen molar-refractivity contribution in [3.8, 4) is 0 Å². The first kappa shape index (κ1) is 16.3. The number of methoxy groups -OCH3 is 2. The Hall–Kier alpha value is -1.75. The molecule has 0 aromatic heterocycles. The molecule has 1 unspecified atom stereocenters. The Labute approximate surface area is 120 Å². The molecule has 0 aliphatic rings. The summed E-state index contributed by atoms with van der Waals surface area (Å²) >= 11 is 0. The van der Waals surface area contributed by atoms with E-state index in [0.717, 1.165) is 18.7 Å². The second-order valence-corrected chi connectivity index (χ2v) is 4.67. The minimum Gasteiger partial charge on any atom is -0.465 e. The van der Waals surface area contributed by atoms with Gasteiger partial charge >= 0.3 is 5.97 Å². The van der Waals surface area contributed by atoms with Crippen molar-refractivity contribution >= 4 is 17.3 Å². The van der Waals surface area contributed by atoms with Crippen LogP contribution in [0.15, 0.2) is 18.2 Å². The van der Waals surface area contributed by atoms with Gasteiger partial charge in [-0.05, 0) is 25.5 Å².